The van der Waals surface area contributed by atoms with Crippen LogP contribution in [-0.2, 0) is 4.79 Å². The van der Waals surface area contributed by atoms with Gasteiger partial charge in [0.1, 0.15) is 5.69 Å². The van der Waals surface area contributed by atoms with Gasteiger partial charge in [-0.25, -0.2) is 4.98 Å². The van der Waals surface area contributed by atoms with Crippen molar-refractivity contribution in [1.29, 1.82) is 0 Å². The molecule has 0 aliphatic rings. The number of hydrogen-bond acceptors (Lipinski definition) is 4. The van der Waals surface area contributed by atoms with Crippen molar-refractivity contribution in [2.45, 2.75) is 39.5 Å². The van der Waals surface area contributed by atoms with Crippen LogP contribution in [0.25, 0.3) is 0 Å². The van der Waals surface area contributed by atoms with Gasteiger partial charge in [-0.3, -0.25) is 9.59 Å². The van der Waals surface area contributed by atoms with Crippen LogP contribution < -0.4 is 4.74 Å². The average Bonchev–Trinajstić information content (AvgIpc) is 2.32. The van der Waals surface area contributed by atoms with Crippen molar-refractivity contribution in [3.63, 3.8) is 0 Å². The molecule has 0 amide bonds. The minimum Gasteiger partial charge on any atom is -0.407 e. The maximum atomic E-state index is 11.4. The van der Waals surface area contributed by atoms with Gasteiger partial charge in [0.15, 0.2) is 6.29 Å². The predicted molar refractivity (Wildman–Crippen MR) is 64.1 cm³/mol. The smallest absolute Gasteiger partial charge is 0.312 e. The number of hydrogen-bond donors (Lipinski definition) is 0. The Balaban J connectivity index is 2.56. The lowest BCUT2D eigenvalue weighted by atomic mass is 10.2. The monoisotopic (exact) mass is 235 g/mol. The van der Waals surface area contributed by atoms with Crippen LogP contribution in [0.3, 0.4) is 0 Å². The number of pyridine rings is 1. The van der Waals surface area contributed by atoms with Crippen LogP contribution >= 0.6 is 0 Å². The van der Waals surface area contributed by atoms with E-state index in [0.717, 1.165) is 24.8 Å². The van der Waals surface area contributed by atoms with E-state index < -0.39 is 0 Å². The van der Waals surface area contributed by atoms with E-state index in [-0.39, 0.29) is 11.8 Å². The Morgan fingerprint density at radius 1 is 1.41 bits per heavy atom. The summed E-state index contributed by atoms with van der Waals surface area (Å²) in [6.07, 6.45) is 3.94. The second-order valence-corrected chi connectivity index (χ2v) is 3.90. The van der Waals surface area contributed by atoms with Crippen LogP contribution in [0.15, 0.2) is 12.1 Å². The Labute approximate surface area is 101 Å². The SMILES string of the molecule is CCCCCC(=O)Oc1ccc(C)c(C=O)n1. The molecule has 0 saturated heterocycles. The van der Waals surface area contributed by atoms with Crippen molar-refractivity contribution in [2.75, 3.05) is 0 Å². The van der Waals surface area contributed by atoms with Crippen LogP contribution in [0.2, 0.25) is 0 Å². The Hall–Kier alpha value is -1.71. The third-order valence-electron chi connectivity index (χ3n) is 2.43. The van der Waals surface area contributed by atoms with Crippen LogP contribution in [-0.4, -0.2) is 17.2 Å². The van der Waals surface area contributed by atoms with Crippen LogP contribution in [0.5, 0.6) is 5.88 Å². The molecule has 0 unspecified atom stereocenters. The molecule has 0 fully saturated rings. The number of nitrogens with zero attached hydrogens (tertiary/aromatic N) is 1. The fourth-order valence-electron chi connectivity index (χ4n) is 1.39. The topological polar surface area (TPSA) is 56.3 Å². The first-order chi connectivity index (χ1) is 8.17. The zero-order chi connectivity index (χ0) is 12.7. The molecule has 0 aromatic carbocycles. The summed E-state index contributed by atoms with van der Waals surface area (Å²) in [5.41, 5.74) is 1.08. The van der Waals surface area contributed by atoms with Crippen LogP contribution in [0.1, 0.15) is 48.7 Å². The van der Waals surface area contributed by atoms with Crippen LogP contribution in [0, 0.1) is 6.92 Å². The largest absolute Gasteiger partial charge is 0.407 e. The summed E-state index contributed by atoms with van der Waals surface area (Å²) in [7, 11) is 0. The van der Waals surface area contributed by atoms with E-state index in [2.05, 4.69) is 11.9 Å². The molecule has 0 bridgehead atoms. The predicted octanol–water partition coefficient (Wildman–Crippen LogP) is 2.69. The van der Waals surface area contributed by atoms with E-state index in [4.69, 9.17) is 4.74 Å². The number of carbonyl (C=O) groups is 2. The Bertz CT molecular complexity index is 402. The molecular weight excluding hydrogens is 218 g/mol. The highest BCUT2D eigenvalue weighted by Gasteiger charge is 2.07. The minimum absolute atomic E-state index is 0.194. The molecule has 0 N–H and O–H groups in total. The highest BCUT2D eigenvalue weighted by atomic mass is 16.5. The molecule has 0 atom stereocenters. The molecule has 1 aromatic rings. The molecule has 1 aromatic heterocycles. The maximum absolute atomic E-state index is 11.4. The molecular formula is C13H17NO3. The van der Waals surface area contributed by atoms with Crippen molar-refractivity contribution in [3.8, 4) is 5.88 Å². The number of esters is 1. The van der Waals surface area contributed by atoms with Gasteiger partial charge in [0.2, 0.25) is 5.88 Å². The van der Waals surface area contributed by atoms with E-state index >= 15 is 0 Å². The van der Waals surface area contributed by atoms with Crippen molar-refractivity contribution < 1.29 is 14.3 Å². The van der Waals surface area contributed by atoms with Crippen molar-refractivity contribution >= 4 is 12.3 Å². The number of carbonyl (C=O) groups excluding carboxylic acids is 2. The van der Waals surface area contributed by atoms with E-state index in [0.29, 0.717) is 18.4 Å². The Morgan fingerprint density at radius 2 is 2.18 bits per heavy atom. The summed E-state index contributed by atoms with van der Waals surface area (Å²) in [6, 6.07) is 3.31. The first-order valence-corrected chi connectivity index (χ1v) is 5.81. The summed E-state index contributed by atoms with van der Waals surface area (Å²) in [4.78, 5) is 26.0. The molecule has 92 valence electrons. The number of aldehydes is 1. The first kappa shape index (κ1) is 13.4. The molecule has 0 spiro atoms. The summed E-state index contributed by atoms with van der Waals surface area (Å²) >= 11 is 0. The van der Waals surface area contributed by atoms with Gasteiger partial charge >= 0.3 is 5.97 Å². The van der Waals surface area contributed by atoms with Gasteiger partial charge in [-0.15, -0.1) is 0 Å². The van der Waals surface area contributed by atoms with Gasteiger partial charge in [0.25, 0.3) is 0 Å². The van der Waals surface area contributed by atoms with Crippen molar-refractivity contribution in [3.05, 3.63) is 23.4 Å². The van der Waals surface area contributed by atoms with Crippen molar-refractivity contribution in [2.24, 2.45) is 0 Å². The standard InChI is InChI=1S/C13H17NO3/c1-3-4-5-6-13(16)17-12-8-7-10(2)11(9-15)14-12/h7-9H,3-6H2,1-2H3. The van der Waals surface area contributed by atoms with Gasteiger partial charge in [-0.1, -0.05) is 25.8 Å². The minimum atomic E-state index is -0.299. The van der Waals surface area contributed by atoms with Gasteiger partial charge in [0, 0.05) is 12.5 Å². The highest BCUT2D eigenvalue weighted by molar-refractivity contribution is 5.75. The van der Waals surface area contributed by atoms with Crippen LogP contribution in [0.4, 0.5) is 0 Å². The molecule has 17 heavy (non-hydrogen) atoms. The fraction of sp³-hybridized carbons (Fsp3) is 0.462. The van der Waals surface area contributed by atoms with E-state index in [1.165, 1.54) is 0 Å². The lowest BCUT2D eigenvalue weighted by molar-refractivity contribution is -0.134. The summed E-state index contributed by atoms with van der Waals surface area (Å²) in [6.45, 7) is 3.85. The van der Waals surface area contributed by atoms with Gasteiger partial charge in [-0.05, 0) is 18.9 Å². The van der Waals surface area contributed by atoms with E-state index in [9.17, 15) is 9.59 Å². The molecule has 0 radical (unpaired) electrons. The molecule has 1 rings (SSSR count). The number of aromatic nitrogens is 1. The zero-order valence-corrected chi connectivity index (χ0v) is 10.2. The Kier molecular flexibility index (Phi) is 5.33. The third-order valence-corrected chi connectivity index (χ3v) is 2.43. The summed E-state index contributed by atoms with van der Waals surface area (Å²) < 4.78 is 5.05. The maximum Gasteiger partial charge on any atom is 0.312 e. The van der Waals surface area contributed by atoms with Gasteiger partial charge < -0.3 is 4.74 Å². The second-order valence-electron chi connectivity index (χ2n) is 3.90. The fourth-order valence-corrected chi connectivity index (χ4v) is 1.39. The number of rotatable bonds is 6. The second kappa shape index (κ2) is 6.78. The molecule has 4 heteroatoms. The van der Waals surface area contributed by atoms with Gasteiger partial charge in [0.05, 0.1) is 0 Å². The van der Waals surface area contributed by atoms with Crippen molar-refractivity contribution in [1.82, 2.24) is 4.98 Å². The lowest BCUT2D eigenvalue weighted by Gasteiger charge is -2.04. The zero-order valence-electron chi connectivity index (χ0n) is 10.2. The molecule has 0 aliphatic carbocycles. The molecule has 4 nitrogen and oxygen atoms in total. The Morgan fingerprint density at radius 3 is 2.82 bits per heavy atom. The molecule has 0 saturated carbocycles. The number of ether oxygens (including phenoxy) is 1. The quantitative estimate of drug-likeness (QED) is 0.432. The number of unbranched alkanes of at least 4 members (excludes halogenated alkanes) is 2. The number of aryl methyl sites for hydroxylation is 1. The normalized spacial score (nSPS) is 10.0. The first-order valence-electron chi connectivity index (χ1n) is 5.81. The summed E-state index contributed by atoms with van der Waals surface area (Å²) in [5.74, 6) is -0.106. The highest BCUT2D eigenvalue weighted by Crippen LogP contribution is 2.12. The van der Waals surface area contributed by atoms with Gasteiger partial charge in [-0.2, -0.15) is 0 Å². The summed E-state index contributed by atoms with van der Waals surface area (Å²) in [5, 5.41) is 0. The average molecular weight is 235 g/mol. The molecule has 1 heterocycles. The van der Waals surface area contributed by atoms with E-state index in [1.54, 1.807) is 19.1 Å². The lowest BCUT2D eigenvalue weighted by Crippen LogP contribution is -2.09. The van der Waals surface area contributed by atoms with E-state index in [1.807, 2.05) is 0 Å². The molecule has 0 aliphatic heterocycles. The third kappa shape index (κ3) is 4.34.